The van der Waals surface area contributed by atoms with Gasteiger partial charge in [-0.2, -0.15) is 5.10 Å². The number of rotatable bonds is 3. The Morgan fingerprint density at radius 3 is 2.60 bits per heavy atom. The number of amides is 2. The van der Waals surface area contributed by atoms with Gasteiger partial charge in [0.05, 0.1) is 24.4 Å². The number of primary amides is 1. The monoisotopic (exact) mass is 348 g/mol. The van der Waals surface area contributed by atoms with Gasteiger partial charge in [-0.25, -0.2) is 4.39 Å². The summed E-state index contributed by atoms with van der Waals surface area (Å²) in [5.41, 5.74) is 6.26. The van der Waals surface area contributed by atoms with E-state index in [9.17, 15) is 14.0 Å². The summed E-state index contributed by atoms with van der Waals surface area (Å²) in [6.07, 6.45) is 0.0755. The molecule has 2 heterocycles. The topological polar surface area (TPSA) is 88.2 Å². The predicted octanol–water partition coefficient (Wildman–Crippen LogP) is 0.881. The van der Waals surface area contributed by atoms with Crippen LogP contribution in [0.25, 0.3) is 0 Å². The zero-order valence-electron chi connectivity index (χ0n) is 14.2. The van der Waals surface area contributed by atoms with Crippen molar-refractivity contribution in [3.8, 4) is 0 Å². The van der Waals surface area contributed by atoms with E-state index < -0.39 is 17.8 Å². The summed E-state index contributed by atoms with van der Waals surface area (Å²) in [7, 11) is 0. The minimum Gasteiger partial charge on any atom is -0.375 e. The smallest absolute Gasteiger partial charge is 0.270 e. The lowest BCUT2D eigenvalue weighted by Crippen LogP contribution is -2.52. The first-order valence-electron chi connectivity index (χ1n) is 8.21. The summed E-state index contributed by atoms with van der Waals surface area (Å²) in [6, 6.07) is 4.71. The van der Waals surface area contributed by atoms with E-state index >= 15 is 0 Å². The number of ether oxygens (including phenoxy) is 1. The summed E-state index contributed by atoms with van der Waals surface area (Å²) in [5, 5.41) is 5.71. The normalized spacial score (nSPS) is 26.5. The lowest BCUT2D eigenvalue weighted by molar-refractivity contribution is -0.135. The van der Waals surface area contributed by atoms with Crippen LogP contribution in [0.1, 0.15) is 20.3 Å². The SMILES string of the molecule is CC1CN(C(=O)C2=NN(c3ccc(F)cc3)C(C(N)=O)C2)C(C)CO1. The summed E-state index contributed by atoms with van der Waals surface area (Å²) in [6.45, 7) is 4.74. The zero-order chi connectivity index (χ0) is 18.1. The largest absolute Gasteiger partial charge is 0.375 e. The van der Waals surface area contributed by atoms with E-state index in [2.05, 4.69) is 5.10 Å². The fourth-order valence-corrected chi connectivity index (χ4v) is 3.04. The Labute approximate surface area is 145 Å². The van der Waals surface area contributed by atoms with Crippen LogP contribution < -0.4 is 10.7 Å². The molecule has 3 rings (SSSR count). The van der Waals surface area contributed by atoms with Crippen LogP contribution in [0.5, 0.6) is 0 Å². The number of benzene rings is 1. The van der Waals surface area contributed by atoms with E-state index in [0.29, 0.717) is 18.8 Å². The van der Waals surface area contributed by atoms with Crippen molar-refractivity contribution in [3.05, 3.63) is 30.1 Å². The van der Waals surface area contributed by atoms with Gasteiger partial charge in [-0.15, -0.1) is 0 Å². The molecule has 8 heteroatoms. The number of nitrogens with two attached hydrogens (primary N) is 1. The molecule has 1 fully saturated rings. The van der Waals surface area contributed by atoms with Gasteiger partial charge < -0.3 is 15.4 Å². The third-order valence-electron chi connectivity index (χ3n) is 4.45. The number of hydrogen-bond donors (Lipinski definition) is 1. The maximum Gasteiger partial charge on any atom is 0.270 e. The van der Waals surface area contributed by atoms with E-state index in [4.69, 9.17) is 10.5 Å². The first kappa shape index (κ1) is 17.3. The minimum atomic E-state index is -0.766. The third-order valence-corrected chi connectivity index (χ3v) is 4.45. The number of carbonyl (C=O) groups excluding carboxylic acids is 2. The van der Waals surface area contributed by atoms with Crippen molar-refractivity contribution in [2.45, 2.75) is 38.5 Å². The molecule has 3 unspecified atom stereocenters. The molecular weight excluding hydrogens is 327 g/mol. The Kier molecular flexibility index (Phi) is 4.71. The molecule has 0 radical (unpaired) electrons. The van der Waals surface area contributed by atoms with Crippen molar-refractivity contribution in [2.75, 3.05) is 18.2 Å². The second-order valence-corrected chi connectivity index (χ2v) is 6.44. The lowest BCUT2D eigenvalue weighted by atomic mass is 10.1. The van der Waals surface area contributed by atoms with Gasteiger partial charge in [0.2, 0.25) is 5.91 Å². The van der Waals surface area contributed by atoms with Crippen LogP contribution in [0.2, 0.25) is 0 Å². The fourth-order valence-electron chi connectivity index (χ4n) is 3.04. The molecule has 2 aliphatic rings. The number of nitrogens with zero attached hydrogens (tertiary/aromatic N) is 3. The Morgan fingerprint density at radius 2 is 1.96 bits per heavy atom. The van der Waals surface area contributed by atoms with Crippen LogP contribution >= 0.6 is 0 Å². The molecule has 0 aliphatic carbocycles. The number of hydrogen-bond acceptors (Lipinski definition) is 5. The second-order valence-electron chi connectivity index (χ2n) is 6.44. The van der Waals surface area contributed by atoms with E-state index in [1.807, 2.05) is 13.8 Å². The number of halogens is 1. The third kappa shape index (κ3) is 3.48. The molecule has 25 heavy (non-hydrogen) atoms. The van der Waals surface area contributed by atoms with Crippen LogP contribution in [-0.2, 0) is 14.3 Å². The van der Waals surface area contributed by atoms with Crippen LogP contribution in [-0.4, -0.2) is 53.8 Å². The minimum absolute atomic E-state index is 0.0534. The van der Waals surface area contributed by atoms with Crippen molar-refractivity contribution in [1.82, 2.24) is 4.90 Å². The highest BCUT2D eigenvalue weighted by molar-refractivity contribution is 6.40. The van der Waals surface area contributed by atoms with E-state index in [-0.39, 0.29) is 30.2 Å². The quantitative estimate of drug-likeness (QED) is 0.878. The second kappa shape index (κ2) is 6.79. The highest BCUT2D eigenvalue weighted by atomic mass is 19.1. The van der Waals surface area contributed by atoms with Crippen LogP contribution in [0.3, 0.4) is 0 Å². The van der Waals surface area contributed by atoms with E-state index in [1.54, 1.807) is 4.90 Å². The molecule has 0 saturated carbocycles. The molecule has 2 N–H and O–H groups in total. The summed E-state index contributed by atoms with van der Waals surface area (Å²) >= 11 is 0. The number of anilines is 1. The van der Waals surface area contributed by atoms with Gasteiger partial charge in [0, 0.05) is 13.0 Å². The molecule has 0 bridgehead atoms. The molecule has 1 aromatic rings. The standard InChI is InChI=1S/C17H21FN4O3/c1-10-9-25-11(2)8-21(10)17(24)14-7-15(16(19)23)22(20-14)13-5-3-12(18)4-6-13/h3-6,10-11,15H,7-9H2,1-2H3,(H2,19,23). The van der Waals surface area contributed by atoms with Gasteiger partial charge in [0.15, 0.2) is 0 Å². The highest BCUT2D eigenvalue weighted by Gasteiger charge is 2.38. The van der Waals surface area contributed by atoms with Crippen molar-refractivity contribution < 1.29 is 18.7 Å². The molecule has 2 aliphatic heterocycles. The van der Waals surface area contributed by atoms with Crippen LogP contribution in [0.4, 0.5) is 10.1 Å². The average molecular weight is 348 g/mol. The fraction of sp³-hybridized carbons (Fsp3) is 0.471. The lowest BCUT2D eigenvalue weighted by Gasteiger charge is -2.36. The van der Waals surface area contributed by atoms with Crippen molar-refractivity contribution in [2.24, 2.45) is 10.8 Å². The summed E-state index contributed by atoms with van der Waals surface area (Å²) in [4.78, 5) is 26.4. The Morgan fingerprint density at radius 1 is 1.28 bits per heavy atom. The van der Waals surface area contributed by atoms with Gasteiger partial charge in [0.1, 0.15) is 17.6 Å². The van der Waals surface area contributed by atoms with Crippen LogP contribution in [0.15, 0.2) is 29.4 Å². The number of morpholine rings is 1. The zero-order valence-corrected chi connectivity index (χ0v) is 14.2. The predicted molar refractivity (Wildman–Crippen MR) is 90.5 cm³/mol. The van der Waals surface area contributed by atoms with E-state index in [0.717, 1.165) is 0 Å². The van der Waals surface area contributed by atoms with Crippen molar-refractivity contribution >= 4 is 23.2 Å². The molecule has 3 atom stereocenters. The van der Waals surface area contributed by atoms with Crippen molar-refractivity contribution in [3.63, 3.8) is 0 Å². The van der Waals surface area contributed by atoms with Gasteiger partial charge in [-0.3, -0.25) is 14.6 Å². The molecule has 134 valence electrons. The Bertz CT molecular complexity index is 706. The van der Waals surface area contributed by atoms with Gasteiger partial charge in [0.25, 0.3) is 5.91 Å². The maximum atomic E-state index is 13.1. The maximum absolute atomic E-state index is 13.1. The summed E-state index contributed by atoms with van der Waals surface area (Å²) in [5.74, 6) is -1.20. The first-order valence-corrected chi connectivity index (χ1v) is 8.21. The molecule has 0 aromatic heterocycles. The Balaban J connectivity index is 1.86. The van der Waals surface area contributed by atoms with Crippen LogP contribution in [0, 0.1) is 5.82 Å². The van der Waals surface area contributed by atoms with E-state index in [1.165, 1.54) is 29.3 Å². The molecule has 1 saturated heterocycles. The Hall–Kier alpha value is -2.48. The molecule has 1 aromatic carbocycles. The first-order chi connectivity index (χ1) is 11.9. The van der Waals surface area contributed by atoms with Gasteiger partial charge in [-0.05, 0) is 38.1 Å². The number of hydrazone groups is 1. The summed E-state index contributed by atoms with van der Waals surface area (Å²) < 4.78 is 18.7. The van der Waals surface area contributed by atoms with Gasteiger partial charge >= 0.3 is 0 Å². The number of carbonyl (C=O) groups is 2. The molecule has 0 spiro atoms. The van der Waals surface area contributed by atoms with Gasteiger partial charge in [-0.1, -0.05) is 0 Å². The molecular formula is C17H21FN4O3. The highest BCUT2D eigenvalue weighted by Crippen LogP contribution is 2.26. The molecule has 2 amide bonds. The average Bonchev–Trinajstić information content (AvgIpc) is 3.02. The molecule has 7 nitrogen and oxygen atoms in total. The van der Waals surface area contributed by atoms with Crippen molar-refractivity contribution in [1.29, 1.82) is 0 Å².